The third kappa shape index (κ3) is 4.57. The van der Waals surface area contributed by atoms with E-state index in [1.807, 2.05) is 60.7 Å². The Morgan fingerprint density at radius 1 is 1.04 bits per heavy atom. The Bertz CT molecular complexity index is 889. The van der Waals surface area contributed by atoms with Gasteiger partial charge in [-0.2, -0.15) is 5.10 Å². The van der Waals surface area contributed by atoms with E-state index in [2.05, 4.69) is 21.9 Å². The zero-order valence-electron chi connectivity index (χ0n) is 13.9. The van der Waals surface area contributed by atoms with Gasteiger partial charge in [-0.05, 0) is 46.7 Å². The van der Waals surface area contributed by atoms with Gasteiger partial charge in [0.05, 0.1) is 19.9 Å². The number of hydrogen-bond acceptors (Lipinski definition) is 4. The van der Waals surface area contributed by atoms with Crippen LogP contribution in [0, 0.1) is 0 Å². The second-order valence-corrected chi connectivity index (χ2v) is 5.48. The van der Waals surface area contributed by atoms with E-state index in [0.717, 1.165) is 22.4 Å². The molecule has 5 nitrogen and oxygen atoms in total. The molecule has 3 aromatic rings. The fourth-order valence-corrected chi connectivity index (χ4v) is 2.40. The van der Waals surface area contributed by atoms with Gasteiger partial charge >= 0.3 is 0 Å². The van der Waals surface area contributed by atoms with Gasteiger partial charge in [0.1, 0.15) is 5.75 Å². The maximum absolute atomic E-state index is 11.8. The van der Waals surface area contributed by atoms with Crippen LogP contribution >= 0.6 is 0 Å². The molecule has 0 bridgehead atoms. The lowest BCUT2D eigenvalue weighted by Crippen LogP contribution is -2.25. The number of nitrogens with zero attached hydrogens (tertiary/aromatic N) is 1. The van der Waals surface area contributed by atoms with Crippen LogP contribution in [0.5, 0.6) is 5.75 Å². The Kier molecular flexibility index (Phi) is 5.26. The molecule has 2 N–H and O–H groups in total. The molecule has 0 aliphatic rings. The lowest BCUT2D eigenvalue weighted by molar-refractivity contribution is -0.119. The van der Waals surface area contributed by atoms with Gasteiger partial charge in [0.15, 0.2) is 0 Å². The molecule has 0 spiro atoms. The van der Waals surface area contributed by atoms with Crippen molar-refractivity contribution in [2.75, 3.05) is 19.0 Å². The fourth-order valence-electron chi connectivity index (χ4n) is 2.40. The Labute approximate surface area is 146 Å². The topological polar surface area (TPSA) is 62.7 Å². The molecule has 0 aliphatic carbocycles. The Hall–Kier alpha value is -3.34. The predicted octanol–water partition coefficient (Wildman–Crippen LogP) is 3.41. The van der Waals surface area contributed by atoms with Crippen molar-refractivity contribution in [3.05, 3.63) is 72.3 Å². The number of carbonyl (C=O) groups excluding carboxylic acids is 1. The minimum Gasteiger partial charge on any atom is -0.497 e. The standard InChI is InChI=1S/C20H19N3O2/c1-25-19-10-8-18(9-11-19)21-14-20(24)23-22-13-15-6-7-16-4-2-3-5-17(16)12-15/h2-13,21H,14H2,1H3,(H,23,24). The molecule has 5 heteroatoms. The molecule has 0 aromatic heterocycles. The number of rotatable bonds is 6. The van der Waals surface area contributed by atoms with Crippen molar-refractivity contribution in [1.82, 2.24) is 5.43 Å². The molecular weight excluding hydrogens is 314 g/mol. The minimum atomic E-state index is -0.215. The molecule has 0 fully saturated rings. The summed E-state index contributed by atoms with van der Waals surface area (Å²) in [5.74, 6) is 0.558. The summed E-state index contributed by atoms with van der Waals surface area (Å²) >= 11 is 0. The van der Waals surface area contributed by atoms with Gasteiger partial charge < -0.3 is 10.1 Å². The second-order valence-electron chi connectivity index (χ2n) is 5.48. The highest BCUT2D eigenvalue weighted by atomic mass is 16.5. The van der Waals surface area contributed by atoms with Crippen molar-refractivity contribution in [3.63, 3.8) is 0 Å². The predicted molar refractivity (Wildman–Crippen MR) is 101 cm³/mol. The first-order chi connectivity index (χ1) is 12.2. The van der Waals surface area contributed by atoms with Gasteiger partial charge in [-0.15, -0.1) is 0 Å². The molecule has 1 amide bonds. The monoisotopic (exact) mass is 333 g/mol. The smallest absolute Gasteiger partial charge is 0.259 e. The molecular formula is C20H19N3O2. The first-order valence-electron chi connectivity index (χ1n) is 7.93. The van der Waals surface area contributed by atoms with E-state index in [9.17, 15) is 4.79 Å². The Morgan fingerprint density at radius 3 is 2.56 bits per heavy atom. The van der Waals surface area contributed by atoms with Crippen molar-refractivity contribution in [2.45, 2.75) is 0 Å². The maximum atomic E-state index is 11.8. The van der Waals surface area contributed by atoms with Gasteiger partial charge in [-0.1, -0.05) is 36.4 Å². The lowest BCUT2D eigenvalue weighted by Gasteiger charge is -2.06. The van der Waals surface area contributed by atoms with Gasteiger partial charge in [-0.25, -0.2) is 5.43 Å². The van der Waals surface area contributed by atoms with Crippen molar-refractivity contribution >= 4 is 28.6 Å². The average Bonchev–Trinajstić information content (AvgIpc) is 2.66. The summed E-state index contributed by atoms with van der Waals surface area (Å²) in [5, 5.41) is 9.34. The third-order valence-electron chi connectivity index (χ3n) is 3.72. The van der Waals surface area contributed by atoms with Crippen LogP contribution in [0.15, 0.2) is 71.8 Å². The summed E-state index contributed by atoms with van der Waals surface area (Å²) in [6.07, 6.45) is 1.64. The molecule has 0 atom stereocenters. The Morgan fingerprint density at radius 2 is 1.80 bits per heavy atom. The third-order valence-corrected chi connectivity index (χ3v) is 3.72. The summed E-state index contributed by atoms with van der Waals surface area (Å²) in [4.78, 5) is 11.8. The molecule has 25 heavy (non-hydrogen) atoms. The minimum absolute atomic E-state index is 0.140. The number of ether oxygens (including phenoxy) is 1. The summed E-state index contributed by atoms with van der Waals surface area (Å²) in [5.41, 5.74) is 4.29. The molecule has 0 unspecified atom stereocenters. The average molecular weight is 333 g/mol. The molecule has 0 saturated heterocycles. The van der Waals surface area contributed by atoms with Crippen LogP contribution in [-0.4, -0.2) is 25.8 Å². The number of carbonyl (C=O) groups is 1. The lowest BCUT2D eigenvalue weighted by atomic mass is 10.1. The number of anilines is 1. The zero-order valence-corrected chi connectivity index (χ0v) is 13.9. The van der Waals surface area contributed by atoms with Crippen LogP contribution in [-0.2, 0) is 4.79 Å². The number of hydrazone groups is 1. The molecule has 3 rings (SSSR count). The first kappa shape index (κ1) is 16.5. The van der Waals surface area contributed by atoms with Gasteiger partial charge in [0.25, 0.3) is 5.91 Å². The first-order valence-corrected chi connectivity index (χ1v) is 7.93. The normalized spacial score (nSPS) is 10.8. The molecule has 0 heterocycles. The number of methoxy groups -OCH3 is 1. The van der Waals surface area contributed by atoms with Gasteiger partial charge in [-0.3, -0.25) is 4.79 Å². The number of fused-ring (bicyclic) bond motifs is 1. The van der Waals surface area contributed by atoms with Gasteiger partial charge in [0.2, 0.25) is 0 Å². The summed E-state index contributed by atoms with van der Waals surface area (Å²) < 4.78 is 5.09. The molecule has 0 saturated carbocycles. The van der Waals surface area contributed by atoms with E-state index >= 15 is 0 Å². The van der Waals surface area contributed by atoms with E-state index in [0.29, 0.717) is 0 Å². The SMILES string of the molecule is COc1ccc(NCC(=O)NN=Cc2ccc3ccccc3c2)cc1. The fraction of sp³-hybridized carbons (Fsp3) is 0.100. The molecule has 126 valence electrons. The van der Waals surface area contributed by atoms with E-state index in [1.165, 1.54) is 5.39 Å². The highest BCUT2D eigenvalue weighted by Gasteiger charge is 2.00. The van der Waals surface area contributed by atoms with Crippen LogP contribution in [0.2, 0.25) is 0 Å². The Balaban J connectivity index is 1.51. The van der Waals surface area contributed by atoms with E-state index < -0.39 is 0 Å². The largest absolute Gasteiger partial charge is 0.497 e. The van der Waals surface area contributed by atoms with Crippen LogP contribution < -0.4 is 15.5 Å². The van der Waals surface area contributed by atoms with Crippen molar-refractivity contribution in [2.24, 2.45) is 5.10 Å². The summed E-state index contributed by atoms with van der Waals surface area (Å²) in [6.45, 7) is 0.140. The number of hydrogen-bond donors (Lipinski definition) is 2. The van der Waals surface area contributed by atoms with Gasteiger partial charge in [0, 0.05) is 5.69 Å². The van der Waals surface area contributed by atoms with Crippen molar-refractivity contribution in [3.8, 4) is 5.75 Å². The number of amides is 1. The molecule has 0 aliphatic heterocycles. The van der Waals surface area contributed by atoms with Crippen molar-refractivity contribution in [1.29, 1.82) is 0 Å². The molecule has 3 aromatic carbocycles. The van der Waals surface area contributed by atoms with E-state index in [1.54, 1.807) is 13.3 Å². The summed E-state index contributed by atoms with van der Waals surface area (Å²) in [7, 11) is 1.61. The second kappa shape index (κ2) is 7.97. The highest BCUT2D eigenvalue weighted by molar-refractivity contribution is 5.91. The van der Waals surface area contributed by atoms with Crippen LogP contribution in [0.1, 0.15) is 5.56 Å². The quantitative estimate of drug-likeness (QED) is 0.537. The van der Waals surface area contributed by atoms with Crippen LogP contribution in [0.25, 0.3) is 10.8 Å². The highest BCUT2D eigenvalue weighted by Crippen LogP contribution is 2.15. The van der Waals surface area contributed by atoms with Crippen LogP contribution in [0.3, 0.4) is 0 Å². The van der Waals surface area contributed by atoms with Crippen LogP contribution in [0.4, 0.5) is 5.69 Å². The summed E-state index contributed by atoms with van der Waals surface area (Å²) in [6, 6.07) is 21.5. The maximum Gasteiger partial charge on any atom is 0.259 e. The number of nitrogens with one attached hydrogen (secondary N) is 2. The van der Waals surface area contributed by atoms with E-state index in [-0.39, 0.29) is 12.5 Å². The zero-order chi connectivity index (χ0) is 17.5. The molecule has 0 radical (unpaired) electrons. The van der Waals surface area contributed by atoms with Crippen molar-refractivity contribution < 1.29 is 9.53 Å². The number of benzene rings is 3. The van der Waals surface area contributed by atoms with E-state index in [4.69, 9.17) is 4.74 Å².